The van der Waals surface area contributed by atoms with E-state index in [4.69, 9.17) is 16.3 Å². The summed E-state index contributed by atoms with van der Waals surface area (Å²) >= 11 is 6.23. The number of rotatable bonds is 5. The first-order chi connectivity index (χ1) is 10.2. The lowest BCUT2D eigenvalue weighted by atomic mass is 10.0. The molecule has 1 aromatic carbocycles. The van der Waals surface area contributed by atoms with E-state index in [0.29, 0.717) is 11.6 Å². The number of benzene rings is 1. The average Bonchev–Trinajstić information content (AvgIpc) is 2.99. The molecule has 0 aromatic heterocycles. The highest BCUT2D eigenvalue weighted by molar-refractivity contribution is 6.31. The van der Waals surface area contributed by atoms with Crippen LogP contribution in [0, 0.1) is 0 Å². The van der Waals surface area contributed by atoms with Crippen LogP contribution in [0.5, 0.6) is 0 Å². The Labute approximate surface area is 131 Å². The first-order valence-electron chi connectivity index (χ1n) is 7.62. The van der Waals surface area contributed by atoms with Gasteiger partial charge in [0.1, 0.15) is 0 Å². The van der Waals surface area contributed by atoms with E-state index < -0.39 is 0 Å². The molecule has 1 atom stereocenters. The van der Waals surface area contributed by atoms with Gasteiger partial charge in [0.15, 0.2) is 0 Å². The minimum atomic E-state index is -0.197. The molecule has 2 N–H and O–H groups in total. The number of hydrogen-bond donors (Lipinski definition) is 2. The van der Waals surface area contributed by atoms with Gasteiger partial charge in [-0.25, -0.2) is 4.79 Å². The van der Waals surface area contributed by atoms with Crippen LogP contribution in [0.15, 0.2) is 12.1 Å². The van der Waals surface area contributed by atoms with Crippen molar-refractivity contribution in [1.82, 2.24) is 5.32 Å². The van der Waals surface area contributed by atoms with Crippen molar-refractivity contribution in [2.45, 2.75) is 45.6 Å². The Morgan fingerprint density at radius 2 is 2.19 bits per heavy atom. The summed E-state index contributed by atoms with van der Waals surface area (Å²) in [4.78, 5) is 12.1. The maximum Gasteiger partial charge on any atom is 0.319 e. The Hall–Kier alpha value is -1.26. The van der Waals surface area contributed by atoms with E-state index in [2.05, 4.69) is 17.6 Å². The van der Waals surface area contributed by atoms with Gasteiger partial charge < -0.3 is 15.4 Å². The predicted molar refractivity (Wildman–Crippen MR) is 86.2 cm³/mol. The van der Waals surface area contributed by atoms with Crippen molar-refractivity contribution in [1.29, 1.82) is 0 Å². The summed E-state index contributed by atoms with van der Waals surface area (Å²) in [5.41, 5.74) is 2.93. The lowest BCUT2D eigenvalue weighted by molar-refractivity contribution is 0.112. The van der Waals surface area contributed by atoms with Crippen LogP contribution in [-0.2, 0) is 17.6 Å². The van der Waals surface area contributed by atoms with Crippen molar-refractivity contribution in [2.75, 3.05) is 18.5 Å². The second kappa shape index (κ2) is 7.66. The Morgan fingerprint density at radius 1 is 1.38 bits per heavy atom. The molecule has 0 aliphatic carbocycles. The van der Waals surface area contributed by atoms with Crippen LogP contribution in [0.2, 0.25) is 5.02 Å². The number of carbonyl (C=O) groups excluding carboxylic acids is 1. The molecule has 21 heavy (non-hydrogen) atoms. The zero-order valence-corrected chi connectivity index (χ0v) is 13.4. The summed E-state index contributed by atoms with van der Waals surface area (Å²) in [6.45, 7) is 5.45. The summed E-state index contributed by atoms with van der Waals surface area (Å²) < 4.78 is 5.50. The molecule has 0 spiro atoms. The first kappa shape index (κ1) is 16.1. The fourth-order valence-electron chi connectivity index (χ4n) is 2.64. The van der Waals surface area contributed by atoms with E-state index in [9.17, 15) is 4.79 Å². The van der Waals surface area contributed by atoms with Crippen molar-refractivity contribution in [3.05, 3.63) is 28.3 Å². The summed E-state index contributed by atoms with van der Waals surface area (Å²) in [5, 5.41) is 6.53. The molecule has 1 aliphatic heterocycles. The van der Waals surface area contributed by atoms with Crippen LogP contribution in [0.1, 0.15) is 37.8 Å². The highest BCUT2D eigenvalue weighted by Crippen LogP contribution is 2.29. The number of urea groups is 1. The molecule has 1 heterocycles. The summed E-state index contributed by atoms with van der Waals surface area (Å²) in [6.07, 6.45) is 3.87. The third kappa shape index (κ3) is 4.11. The van der Waals surface area contributed by atoms with Crippen LogP contribution in [0.3, 0.4) is 0 Å². The highest BCUT2D eigenvalue weighted by atomic mass is 35.5. The van der Waals surface area contributed by atoms with Crippen molar-refractivity contribution in [3.8, 4) is 0 Å². The number of nitrogens with one attached hydrogen (secondary N) is 2. The van der Waals surface area contributed by atoms with Crippen LogP contribution < -0.4 is 10.6 Å². The van der Waals surface area contributed by atoms with Gasteiger partial charge in [0, 0.05) is 18.2 Å². The molecule has 0 bridgehead atoms. The van der Waals surface area contributed by atoms with Crippen LogP contribution in [-0.4, -0.2) is 25.3 Å². The minimum Gasteiger partial charge on any atom is -0.376 e. The van der Waals surface area contributed by atoms with E-state index in [0.717, 1.165) is 49.1 Å². The van der Waals surface area contributed by atoms with Crippen LogP contribution in [0.25, 0.3) is 0 Å². The number of hydrogen-bond acceptors (Lipinski definition) is 2. The summed E-state index contributed by atoms with van der Waals surface area (Å²) in [7, 11) is 0. The van der Waals surface area contributed by atoms with Crippen molar-refractivity contribution < 1.29 is 9.53 Å². The van der Waals surface area contributed by atoms with Crippen molar-refractivity contribution >= 4 is 23.3 Å². The number of halogens is 1. The number of ether oxygens (including phenoxy) is 1. The van der Waals surface area contributed by atoms with Crippen LogP contribution in [0.4, 0.5) is 10.5 Å². The molecule has 1 unspecified atom stereocenters. The third-order valence-electron chi connectivity index (χ3n) is 3.83. The monoisotopic (exact) mass is 310 g/mol. The second-order valence-corrected chi connectivity index (χ2v) is 5.64. The standard InChI is InChI=1S/C16H23ClN2O2/c1-3-11-7-8-14(17)13(4-2)15(11)19-16(20)18-10-12-6-5-9-21-12/h7-8,12H,3-6,9-10H2,1-2H3,(H2,18,19,20). The lowest BCUT2D eigenvalue weighted by Crippen LogP contribution is -2.35. The van der Waals surface area contributed by atoms with E-state index in [1.165, 1.54) is 0 Å². The summed E-state index contributed by atoms with van der Waals surface area (Å²) in [6, 6.07) is 3.67. The fourth-order valence-corrected chi connectivity index (χ4v) is 2.93. The number of aryl methyl sites for hydroxylation is 1. The summed E-state index contributed by atoms with van der Waals surface area (Å²) in [5.74, 6) is 0. The molecule has 4 nitrogen and oxygen atoms in total. The van der Waals surface area contributed by atoms with Gasteiger partial charge in [-0.1, -0.05) is 31.5 Å². The third-order valence-corrected chi connectivity index (χ3v) is 4.18. The maximum atomic E-state index is 12.1. The van der Waals surface area contributed by atoms with E-state index >= 15 is 0 Å². The van der Waals surface area contributed by atoms with Gasteiger partial charge in [0.05, 0.1) is 11.8 Å². The Kier molecular flexibility index (Phi) is 5.88. The van der Waals surface area contributed by atoms with E-state index in [-0.39, 0.29) is 12.1 Å². The van der Waals surface area contributed by atoms with Gasteiger partial charge in [-0.05, 0) is 42.9 Å². The van der Waals surface area contributed by atoms with Crippen molar-refractivity contribution in [3.63, 3.8) is 0 Å². The SMILES string of the molecule is CCc1ccc(Cl)c(CC)c1NC(=O)NCC1CCCO1. The van der Waals surface area contributed by atoms with Gasteiger partial charge in [-0.2, -0.15) is 0 Å². The molecule has 1 aliphatic rings. The quantitative estimate of drug-likeness (QED) is 0.870. The smallest absolute Gasteiger partial charge is 0.319 e. The Balaban J connectivity index is 2.03. The first-order valence-corrected chi connectivity index (χ1v) is 8.00. The molecule has 1 aromatic rings. The van der Waals surface area contributed by atoms with Gasteiger partial charge in [0.25, 0.3) is 0 Å². The van der Waals surface area contributed by atoms with Gasteiger partial charge in [0.2, 0.25) is 0 Å². The maximum absolute atomic E-state index is 12.1. The molecule has 5 heteroatoms. The topological polar surface area (TPSA) is 50.4 Å². The van der Waals surface area contributed by atoms with Gasteiger partial charge >= 0.3 is 6.03 Å². The molecular formula is C16H23ClN2O2. The van der Waals surface area contributed by atoms with E-state index in [1.807, 2.05) is 19.1 Å². The zero-order chi connectivity index (χ0) is 15.2. The molecule has 2 amide bonds. The van der Waals surface area contributed by atoms with Gasteiger partial charge in [-0.3, -0.25) is 0 Å². The van der Waals surface area contributed by atoms with Crippen LogP contribution >= 0.6 is 11.6 Å². The molecule has 1 fully saturated rings. The molecule has 116 valence electrons. The average molecular weight is 311 g/mol. The number of carbonyl (C=O) groups is 1. The Morgan fingerprint density at radius 3 is 2.81 bits per heavy atom. The normalized spacial score (nSPS) is 17.8. The lowest BCUT2D eigenvalue weighted by Gasteiger charge is -2.17. The number of amides is 2. The molecule has 0 radical (unpaired) electrons. The highest BCUT2D eigenvalue weighted by Gasteiger charge is 2.17. The molecule has 0 saturated carbocycles. The van der Waals surface area contributed by atoms with Gasteiger partial charge in [-0.15, -0.1) is 0 Å². The minimum absolute atomic E-state index is 0.145. The predicted octanol–water partition coefficient (Wildman–Crippen LogP) is 3.77. The fraction of sp³-hybridized carbons (Fsp3) is 0.562. The molecule has 2 rings (SSSR count). The molecule has 1 saturated heterocycles. The van der Waals surface area contributed by atoms with E-state index in [1.54, 1.807) is 0 Å². The Bertz CT molecular complexity index is 499. The number of anilines is 1. The second-order valence-electron chi connectivity index (χ2n) is 5.24. The largest absolute Gasteiger partial charge is 0.376 e. The van der Waals surface area contributed by atoms with Crippen molar-refractivity contribution in [2.24, 2.45) is 0 Å². The molecular weight excluding hydrogens is 288 g/mol. The zero-order valence-electron chi connectivity index (χ0n) is 12.7.